The third-order valence-corrected chi connectivity index (χ3v) is 7.58. The minimum atomic E-state index is -1.27. The second kappa shape index (κ2) is 6.12. The van der Waals surface area contributed by atoms with Crippen LogP contribution in [0.25, 0.3) is 10.9 Å². The summed E-state index contributed by atoms with van der Waals surface area (Å²) in [5.74, 6) is -1.35. The van der Waals surface area contributed by atoms with Crippen LogP contribution in [-0.4, -0.2) is 34.8 Å². The standard InChI is InChI=1S/C22H26FN3O3/c1-10-18(15-6-22(15)9-25-7-17(24)11(22)2)16(23)5-13-19(10)26(12-3-4-12)8-14(20(13)27)21(28)29/h5,8,11-12,15,17,25H,3-4,6-7,9,24H2,1-2H3,(H,28,29)/t11-,15?,17?,22?/m1/s1. The molecule has 2 heterocycles. The Kier molecular flexibility index (Phi) is 3.96. The van der Waals surface area contributed by atoms with Gasteiger partial charge < -0.3 is 20.7 Å². The molecular weight excluding hydrogens is 373 g/mol. The van der Waals surface area contributed by atoms with E-state index in [4.69, 9.17) is 5.73 Å². The first-order chi connectivity index (χ1) is 13.8. The Morgan fingerprint density at radius 2 is 2.14 bits per heavy atom. The van der Waals surface area contributed by atoms with E-state index in [1.807, 2.05) is 11.5 Å². The fourth-order valence-corrected chi connectivity index (χ4v) is 5.56. The number of carboxylic acids is 1. The van der Waals surface area contributed by atoms with Crippen LogP contribution in [0.4, 0.5) is 4.39 Å². The lowest BCUT2D eigenvalue weighted by atomic mass is 9.78. The quantitative estimate of drug-likeness (QED) is 0.737. The number of nitrogens with zero attached hydrogens (tertiary/aromatic N) is 1. The molecule has 1 aliphatic heterocycles. The number of pyridine rings is 1. The van der Waals surface area contributed by atoms with Gasteiger partial charge in [-0.3, -0.25) is 4.79 Å². The molecule has 0 radical (unpaired) electrons. The molecular formula is C22H26FN3O3. The van der Waals surface area contributed by atoms with Gasteiger partial charge in [-0.2, -0.15) is 0 Å². The first kappa shape index (κ1) is 18.8. The molecule has 1 spiro atoms. The third kappa shape index (κ3) is 2.60. The maximum Gasteiger partial charge on any atom is 0.341 e. The predicted octanol–water partition coefficient (Wildman–Crippen LogP) is 2.52. The van der Waals surface area contributed by atoms with Crippen molar-refractivity contribution in [1.29, 1.82) is 0 Å². The van der Waals surface area contributed by atoms with E-state index in [-0.39, 0.29) is 40.3 Å². The Morgan fingerprint density at radius 3 is 2.79 bits per heavy atom. The number of halogens is 1. The molecule has 0 amide bonds. The maximum atomic E-state index is 15.3. The zero-order chi connectivity index (χ0) is 20.7. The van der Waals surface area contributed by atoms with Crippen LogP contribution < -0.4 is 16.5 Å². The largest absolute Gasteiger partial charge is 0.477 e. The summed E-state index contributed by atoms with van der Waals surface area (Å²) >= 11 is 0. The Morgan fingerprint density at radius 1 is 1.41 bits per heavy atom. The maximum absolute atomic E-state index is 15.3. The summed E-state index contributed by atoms with van der Waals surface area (Å²) in [4.78, 5) is 24.3. The SMILES string of the molecule is Cc1c(C2CC23CNCC(N)[C@H]3C)c(F)cc2c(=O)c(C(=O)O)cn(C3CC3)c12. The van der Waals surface area contributed by atoms with Crippen LogP contribution in [0, 0.1) is 24.1 Å². The van der Waals surface area contributed by atoms with Crippen LogP contribution in [0.1, 0.15) is 59.6 Å². The van der Waals surface area contributed by atoms with Crippen molar-refractivity contribution in [3.8, 4) is 0 Å². The third-order valence-electron chi connectivity index (χ3n) is 7.58. The summed E-state index contributed by atoms with van der Waals surface area (Å²) in [6, 6.07) is 1.48. The molecule has 2 saturated carbocycles. The Hall–Kier alpha value is -2.25. The van der Waals surface area contributed by atoms with E-state index in [9.17, 15) is 14.7 Å². The number of rotatable bonds is 3. The van der Waals surface area contributed by atoms with Crippen LogP contribution >= 0.6 is 0 Å². The molecule has 2 aliphatic carbocycles. The minimum absolute atomic E-state index is 0.0420. The van der Waals surface area contributed by atoms with Gasteiger partial charge in [0, 0.05) is 36.8 Å². The van der Waals surface area contributed by atoms with E-state index in [1.165, 1.54) is 12.3 Å². The highest BCUT2D eigenvalue weighted by Crippen LogP contribution is 2.65. The number of carbonyl (C=O) groups is 1. The minimum Gasteiger partial charge on any atom is -0.477 e. The van der Waals surface area contributed by atoms with Crippen molar-refractivity contribution in [2.45, 2.75) is 51.1 Å². The van der Waals surface area contributed by atoms with Crippen molar-refractivity contribution >= 4 is 16.9 Å². The van der Waals surface area contributed by atoms with Gasteiger partial charge in [-0.1, -0.05) is 6.92 Å². The normalized spacial score (nSPS) is 31.4. The molecule has 3 aliphatic rings. The monoisotopic (exact) mass is 399 g/mol. The van der Waals surface area contributed by atoms with Gasteiger partial charge >= 0.3 is 5.97 Å². The molecule has 3 unspecified atom stereocenters. The highest BCUT2D eigenvalue weighted by molar-refractivity contribution is 5.94. The fourth-order valence-electron chi connectivity index (χ4n) is 5.56. The Bertz CT molecular complexity index is 1110. The predicted molar refractivity (Wildman–Crippen MR) is 108 cm³/mol. The van der Waals surface area contributed by atoms with Crippen molar-refractivity contribution in [3.63, 3.8) is 0 Å². The van der Waals surface area contributed by atoms with Crippen LogP contribution in [0.3, 0.4) is 0 Å². The van der Waals surface area contributed by atoms with Crippen molar-refractivity contribution in [1.82, 2.24) is 9.88 Å². The number of benzene rings is 1. The Balaban J connectivity index is 1.71. The summed E-state index contributed by atoms with van der Waals surface area (Å²) in [7, 11) is 0. The van der Waals surface area contributed by atoms with Gasteiger partial charge in [0.25, 0.3) is 0 Å². The smallest absolute Gasteiger partial charge is 0.341 e. The average Bonchev–Trinajstić information content (AvgIpc) is 3.57. The number of nitrogens with two attached hydrogens (primary N) is 1. The number of fused-ring (bicyclic) bond motifs is 1. The summed E-state index contributed by atoms with van der Waals surface area (Å²) in [6.45, 7) is 5.61. The molecule has 1 aromatic carbocycles. The molecule has 4 N–H and O–H groups in total. The molecule has 154 valence electrons. The number of carboxylic acid groups (broad SMARTS) is 1. The molecule has 2 aromatic rings. The van der Waals surface area contributed by atoms with E-state index < -0.39 is 17.2 Å². The molecule has 7 heteroatoms. The van der Waals surface area contributed by atoms with E-state index in [2.05, 4.69) is 12.2 Å². The molecule has 5 rings (SSSR count). The van der Waals surface area contributed by atoms with Gasteiger partial charge in [0.1, 0.15) is 11.4 Å². The zero-order valence-corrected chi connectivity index (χ0v) is 16.7. The number of nitrogens with one attached hydrogen (secondary N) is 1. The number of hydrogen-bond donors (Lipinski definition) is 3. The lowest BCUT2D eigenvalue weighted by Gasteiger charge is -2.36. The van der Waals surface area contributed by atoms with E-state index in [0.29, 0.717) is 11.1 Å². The van der Waals surface area contributed by atoms with Crippen LogP contribution in [0.2, 0.25) is 0 Å². The first-order valence-corrected chi connectivity index (χ1v) is 10.3. The number of piperidine rings is 1. The van der Waals surface area contributed by atoms with E-state index in [0.717, 1.165) is 37.9 Å². The van der Waals surface area contributed by atoms with Gasteiger partial charge in [0.15, 0.2) is 0 Å². The van der Waals surface area contributed by atoms with Crippen molar-refractivity contribution < 1.29 is 14.3 Å². The molecule has 6 nitrogen and oxygen atoms in total. The summed E-state index contributed by atoms with van der Waals surface area (Å²) < 4.78 is 17.2. The highest BCUT2D eigenvalue weighted by Gasteiger charge is 2.61. The fraction of sp³-hybridized carbons (Fsp3) is 0.545. The molecule has 0 bridgehead atoms. The Labute approximate surface area is 167 Å². The number of aromatic carboxylic acids is 1. The number of hydrogen-bond acceptors (Lipinski definition) is 4. The molecule has 1 saturated heterocycles. The topological polar surface area (TPSA) is 97.3 Å². The van der Waals surface area contributed by atoms with Gasteiger partial charge in [-0.25, -0.2) is 9.18 Å². The molecule has 29 heavy (non-hydrogen) atoms. The average molecular weight is 399 g/mol. The van der Waals surface area contributed by atoms with Gasteiger partial charge in [-0.15, -0.1) is 0 Å². The zero-order valence-electron chi connectivity index (χ0n) is 16.7. The lowest BCUT2D eigenvalue weighted by Crippen LogP contribution is -2.51. The molecule has 4 atom stereocenters. The number of aryl methyl sites for hydroxylation is 1. The second-order valence-corrected chi connectivity index (χ2v) is 9.18. The lowest BCUT2D eigenvalue weighted by molar-refractivity contribution is 0.0695. The van der Waals surface area contributed by atoms with Crippen molar-refractivity contribution in [2.75, 3.05) is 13.1 Å². The second-order valence-electron chi connectivity index (χ2n) is 9.18. The first-order valence-electron chi connectivity index (χ1n) is 10.3. The van der Waals surface area contributed by atoms with E-state index >= 15 is 4.39 Å². The van der Waals surface area contributed by atoms with Crippen LogP contribution in [0.5, 0.6) is 0 Å². The number of aromatic nitrogens is 1. The summed E-state index contributed by atoms with van der Waals surface area (Å²) in [5.41, 5.74) is 7.42. The highest BCUT2D eigenvalue weighted by atomic mass is 19.1. The summed E-state index contributed by atoms with van der Waals surface area (Å²) in [6.07, 6.45) is 4.19. The van der Waals surface area contributed by atoms with Crippen molar-refractivity contribution in [2.24, 2.45) is 17.1 Å². The van der Waals surface area contributed by atoms with Gasteiger partial charge in [0.05, 0.1) is 5.52 Å². The van der Waals surface area contributed by atoms with Gasteiger partial charge in [0.2, 0.25) is 5.43 Å². The molecule has 3 fully saturated rings. The van der Waals surface area contributed by atoms with E-state index in [1.54, 1.807) is 0 Å². The van der Waals surface area contributed by atoms with Crippen LogP contribution in [0.15, 0.2) is 17.1 Å². The van der Waals surface area contributed by atoms with Crippen LogP contribution in [-0.2, 0) is 0 Å². The van der Waals surface area contributed by atoms with Crippen molar-refractivity contribution in [3.05, 3.63) is 45.0 Å². The van der Waals surface area contributed by atoms with Gasteiger partial charge in [-0.05, 0) is 60.6 Å². The molecule has 1 aromatic heterocycles. The summed E-state index contributed by atoms with van der Waals surface area (Å²) in [5, 5.41) is 13.0.